The van der Waals surface area contributed by atoms with Crippen LogP contribution in [-0.4, -0.2) is 57.0 Å². The zero-order valence-electron chi connectivity index (χ0n) is 29.0. The third kappa shape index (κ3) is 7.92. The topological polar surface area (TPSA) is 177 Å². The number of aliphatic hydroxyl groups excluding tert-OH is 3. The zero-order valence-corrected chi connectivity index (χ0v) is 29.0. The molecule has 0 bridgehead atoms. The van der Waals surface area contributed by atoms with Crippen LogP contribution in [0.15, 0.2) is 131 Å². The minimum Gasteiger partial charge on any atom is -0.504 e. The fourth-order valence-corrected chi connectivity index (χ4v) is 5.95. The van der Waals surface area contributed by atoms with E-state index < -0.39 is 47.8 Å². The molecule has 1 amide bonds. The number of rotatable bonds is 11. The van der Waals surface area contributed by atoms with Crippen LogP contribution in [0.2, 0.25) is 0 Å². The van der Waals surface area contributed by atoms with Gasteiger partial charge in [0.15, 0.2) is 23.0 Å². The van der Waals surface area contributed by atoms with Gasteiger partial charge < -0.3 is 49.1 Å². The van der Waals surface area contributed by atoms with Gasteiger partial charge in [-0.3, -0.25) is 9.59 Å². The Hall–Kier alpha value is -6.18. The van der Waals surface area contributed by atoms with E-state index in [1.807, 2.05) is 43.3 Å². The number of aliphatic hydroxyl groups is 3. The summed E-state index contributed by atoms with van der Waals surface area (Å²) >= 11 is 0. The second kappa shape index (κ2) is 15.8. The molecule has 276 valence electrons. The molecule has 1 saturated heterocycles. The summed E-state index contributed by atoms with van der Waals surface area (Å²) in [5.41, 5.74) is 2.97. The van der Waals surface area contributed by atoms with Crippen molar-refractivity contribution >= 4 is 22.6 Å². The predicted octanol–water partition coefficient (Wildman–Crippen LogP) is 5.46. The number of anilines is 1. The third-order valence-corrected chi connectivity index (χ3v) is 8.92. The number of aromatic hydroxyl groups is 1. The highest BCUT2D eigenvalue weighted by Crippen LogP contribution is 2.44. The summed E-state index contributed by atoms with van der Waals surface area (Å²) < 4.78 is 29.8. The molecule has 12 heteroatoms. The molecule has 7 rings (SSSR count). The van der Waals surface area contributed by atoms with Crippen LogP contribution < -0.4 is 25.0 Å². The smallest absolute Gasteiger partial charge is 0.256 e. The molecule has 0 radical (unpaired) electrons. The number of phenolic OH excluding ortho intramolecular Hbond substituents is 1. The van der Waals surface area contributed by atoms with Gasteiger partial charge in [0.25, 0.3) is 5.91 Å². The highest BCUT2D eigenvalue weighted by molar-refractivity contribution is 5.95. The Morgan fingerprint density at radius 2 is 1.39 bits per heavy atom. The molecule has 0 aliphatic carbocycles. The minimum absolute atomic E-state index is 0.0601. The molecule has 5 unspecified atom stereocenters. The number of amides is 1. The van der Waals surface area contributed by atoms with E-state index in [4.69, 9.17) is 23.4 Å². The lowest BCUT2D eigenvalue weighted by molar-refractivity contribution is -0.265. The number of nitrogens with one attached hydrogen (secondary N) is 1. The van der Waals surface area contributed by atoms with Crippen LogP contribution in [0.1, 0.15) is 16.7 Å². The second-order valence-electron chi connectivity index (χ2n) is 12.8. The average molecular weight is 732 g/mol. The van der Waals surface area contributed by atoms with Gasteiger partial charge in [0, 0.05) is 23.4 Å². The van der Waals surface area contributed by atoms with Gasteiger partial charge in [0.1, 0.15) is 54.0 Å². The van der Waals surface area contributed by atoms with Crippen molar-refractivity contribution in [1.29, 1.82) is 0 Å². The maximum Gasteiger partial charge on any atom is 0.256 e. The number of fused-ring (bicyclic) bond motifs is 1. The standard InChI is InChI=1S/C42H37NO11/c1-24-12-16-28(17-13-24)43-41(49)40-37(47)36(46)38(48)42(54-40)53-33-21-32-34(35(45)39(33)51-23-26-10-6-3-7-11-26)30(44)20-31(52-32)27-14-18-29(19-15-27)50-22-25-8-4-2-5-9-25/h2-21,36-38,40,42,45-48H,22-23H2,1H3,(H,43,49). The number of phenols is 1. The van der Waals surface area contributed by atoms with Gasteiger partial charge in [-0.2, -0.15) is 0 Å². The summed E-state index contributed by atoms with van der Waals surface area (Å²) in [6, 6.07) is 35.0. The molecule has 5 N–H and O–H groups in total. The average Bonchev–Trinajstić information content (AvgIpc) is 3.18. The first kappa shape index (κ1) is 36.2. The molecular weight excluding hydrogens is 694 g/mol. The number of hydrogen-bond acceptors (Lipinski definition) is 11. The quantitative estimate of drug-likeness (QED) is 0.114. The summed E-state index contributed by atoms with van der Waals surface area (Å²) in [7, 11) is 0. The van der Waals surface area contributed by atoms with Gasteiger partial charge in [-0.25, -0.2) is 0 Å². The Kier molecular flexibility index (Phi) is 10.6. The summed E-state index contributed by atoms with van der Waals surface area (Å²) in [6.45, 7) is 2.19. The number of carbonyl (C=O) groups is 1. The number of carbonyl (C=O) groups excluding carboxylic acids is 1. The first-order valence-corrected chi connectivity index (χ1v) is 17.2. The van der Waals surface area contributed by atoms with E-state index in [-0.39, 0.29) is 34.8 Å². The Labute approximate surface area is 309 Å². The molecule has 12 nitrogen and oxygen atoms in total. The van der Waals surface area contributed by atoms with Gasteiger partial charge in [-0.05, 0) is 54.4 Å². The second-order valence-corrected chi connectivity index (χ2v) is 12.8. The van der Waals surface area contributed by atoms with Crippen LogP contribution in [0.4, 0.5) is 5.69 Å². The largest absolute Gasteiger partial charge is 0.504 e. The maximum absolute atomic E-state index is 13.6. The van der Waals surface area contributed by atoms with Crippen molar-refractivity contribution in [3.8, 4) is 34.3 Å². The molecule has 5 atom stereocenters. The van der Waals surface area contributed by atoms with Crippen LogP contribution in [0.5, 0.6) is 23.0 Å². The summed E-state index contributed by atoms with van der Waals surface area (Å²) in [4.78, 5) is 26.8. The highest BCUT2D eigenvalue weighted by atomic mass is 16.7. The number of ether oxygens (including phenoxy) is 4. The summed E-state index contributed by atoms with van der Waals surface area (Å²) in [5, 5.41) is 46.4. The van der Waals surface area contributed by atoms with Crippen molar-refractivity contribution in [3.05, 3.63) is 148 Å². The molecule has 54 heavy (non-hydrogen) atoms. The molecule has 1 aliphatic rings. The number of hydrogen-bond donors (Lipinski definition) is 5. The molecule has 1 aromatic heterocycles. The van der Waals surface area contributed by atoms with Gasteiger partial charge in [-0.15, -0.1) is 0 Å². The molecule has 6 aromatic rings. The molecule has 1 aliphatic heterocycles. The first-order chi connectivity index (χ1) is 26.1. The SMILES string of the molecule is Cc1ccc(NC(=O)C2OC(Oc3cc4oc(-c5ccc(OCc6ccccc6)cc5)cc(=O)c4c(O)c3OCc3ccccc3)C(O)C(O)C2O)cc1. The van der Waals surface area contributed by atoms with Crippen molar-refractivity contribution in [2.75, 3.05) is 5.32 Å². The predicted molar refractivity (Wildman–Crippen MR) is 198 cm³/mol. The van der Waals surface area contributed by atoms with Crippen LogP contribution >= 0.6 is 0 Å². The lowest BCUT2D eigenvalue weighted by Gasteiger charge is -2.39. The fourth-order valence-electron chi connectivity index (χ4n) is 5.95. The van der Waals surface area contributed by atoms with Gasteiger partial charge in [-0.1, -0.05) is 78.4 Å². The monoisotopic (exact) mass is 731 g/mol. The Morgan fingerprint density at radius 3 is 2.04 bits per heavy atom. The van der Waals surface area contributed by atoms with E-state index >= 15 is 0 Å². The Bertz CT molecular complexity index is 2280. The molecule has 0 spiro atoms. The van der Waals surface area contributed by atoms with E-state index in [0.717, 1.165) is 16.7 Å². The lowest BCUT2D eigenvalue weighted by atomic mass is 9.98. The van der Waals surface area contributed by atoms with Crippen LogP contribution in [0, 0.1) is 6.92 Å². The van der Waals surface area contributed by atoms with Crippen molar-refractivity contribution in [3.63, 3.8) is 0 Å². The minimum atomic E-state index is -1.87. The van der Waals surface area contributed by atoms with Crippen LogP contribution in [0.25, 0.3) is 22.3 Å². The Morgan fingerprint density at radius 1 is 0.759 bits per heavy atom. The van der Waals surface area contributed by atoms with Gasteiger partial charge in [0.05, 0.1) is 0 Å². The van der Waals surface area contributed by atoms with Gasteiger partial charge >= 0.3 is 0 Å². The molecule has 1 fully saturated rings. The van der Waals surface area contributed by atoms with E-state index in [2.05, 4.69) is 5.32 Å². The lowest BCUT2D eigenvalue weighted by Crippen LogP contribution is -2.62. The fraction of sp³-hybridized carbons (Fsp3) is 0.190. The summed E-state index contributed by atoms with van der Waals surface area (Å²) in [6.07, 6.45) is -8.98. The van der Waals surface area contributed by atoms with E-state index in [1.54, 1.807) is 72.8 Å². The molecular formula is C42H37NO11. The van der Waals surface area contributed by atoms with E-state index in [0.29, 0.717) is 23.6 Å². The first-order valence-electron chi connectivity index (χ1n) is 17.2. The van der Waals surface area contributed by atoms with Crippen molar-refractivity contribution in [2.24, 2.45) is 0 Å². The number of benzene rings is 5. The van der Waals surface area contributed by atoms with Crippen LogP contribution in [-0.2, 0) is 22.7 Å². The third-order valence-electron chi connectivity index (χ3n) is 8.92. The molecule has 0 saturated carbocycles. The number of aryl methyl sites for hydroxylation is 1. The molecule has 5 aromatic carbocycles. The zero-order chi connectivity index (χ0) is 37.8. The summed E-state index contributed by atoms with van der Waals surface area (Å²) in [5.74, 6) is -1.17. The Balaban J connectivity index is 1.20. The van der Waals surface area contributed by atoms with Crippen molar-refractivity contribution < 1.29 is 48.6 Å². The van der Waals surface area contributed by atoms with Crippen LogP contribution in [0.3, 0.4) is 0 Å². The maximum atomic E-state index is 13.6. The van der Waals surface area contributed by atoms with Crippen molar-refractivity contribution in [2.45, 2.75) is 50.8 Å². The highest BCUT2D eigenvalue weighted by Gasteiger charge is 2.48. The van der Waals surface area contributed by atoms with Gasteiger partial charge in [0.2, 0.25) is 12.0 Å². The normalized spacial score (nSPS) is 19.6. The van der Waals surface area contributed by atoms with Crippen molar-refractivity contribution in [1.82, 2.24) is 0 Å². The molecule has 2 heterocycles. The van der Waals surface area contributed by atoms with E-state index in [9.17, 15) is 30.0 Å². The van der Waals surface area contributed by atoms with E-state index in [1.165, 1.54) is 12.1 Å².